The molecule has 0 aromatic heterocycles. The fourth-order valence-corrected chi connectivity index (χ4v) is 1.12. The fourth-order valence-electron chi connectivity index (χ4n) is 0.959. The normalized spacial score (nSPS) is 11.2. The highest BCUT2D eigenvalue weighted by Crippen LogP contribution is 2.22. The molecule has 0 heterocycles. The number of benzene rings is 1. The number of carbonyl (C=O) groups excluding carboxylic acids is 1. The summed E-state index contributed by atoms with van der Waals surface area (Å²) in [5.74, 6) is -2.87. The second-order valence-corrected chi connectivity index (χ2v) is 3.47. The van der Waals surface area contributed by atoms with Crippen molar-refractivity contribution in [2.24, 2.45) is 0 Å². The Kier molecular flexibility index (Phi) is 3.63. The third kappa shape index (κ3) is 3.83. The van der Waals surface area contributed by atoms with Crippen LogP contribution in [0.4, 0.5) is 8.78 Å². The highest BCUT2D eigenvalue weighted by atomic mass is 35.5. The van der Waals surface area contributed by atoms with E-state index in [-0.39, 0.29) is 11.3 Å². The summed E-state index contributed by atoms with van der Waals surface area (Å²) in [6.45, 7) is -0.0493. The molecule has 0 N–H and O–H groups in total. The SMILES string of the molecule is CC(F)(F)COc1ccccc1C(=O)Cl. The zero-order valence-electron chi connectivity index (χ0n) is 7.97. The predicted octanol–water partition coefficient (Wildman–Crippen LogP) is 3.10. The van der Waals surface area contributed by atoms with Crippen molar-refractivity contribution in [1.82, 2.24) is 0 Å². The Balaban J connectivity index is 2.81. The van der Waals surface area contributed by atoms with Crippen LogP contribution in [0.25, 0.3) is 0 Å². The molecule has 2 nitrogen and oxygen atoms in total. The number of rotatable bonds is 4. The topological polar surface area (TPSA) is 26.3 Å². The molecule has 0 unspecified atom stereocenters. The lowest BCUT2D eigenvalue weighted by Crippen LogP contribution is -2.21. The van der Waals surface area contributed by atoms with Gasteiger partial charge in [-0.15, -0.1) is 0 Å². The molecule has 0 aliphatic carbocycles. The molecule has 0 aliphatic rings. The van der Waals surface area contributed by atoms with Crippen LogP contribution in [0.5, 0.6) is 5.75 Å². The van der Waals surface area contributed by atoms with E-state index < -0.39 is 17.8 Å². The van der Waals surface area contributed by atoms with E-state index in [1.54, 1.807) is 12.1 Å². The van der Waals surface area contributed by atoms with Gasteiger partial charge in [0.1, 0.15) is 5.75 Å². The molecule has 0 saturated carbocycles. The van der Waals surface area contributed by atoms with E-state index in [1.165, 1.54) is 12.1 Å². The van der Waals surface area contributed by atoms with Gasteiger partial charge in [-0.05, 0) is 23.7 Å². The molecule has 82 valence electrons. The zero-order valence-corrected chi connectivity index (χ0v) is 8.72. The smallest absolute Gasteiger partial charge is 0.278 e. The summed E-state index contributed by atoms with van der Waals surface area (Å²) in [6, 6.07) is 5.98. The Hall–Kier alpha value is -1.16. The summed E-state index contributed by atoms with van der Waals surface area (Å²) in [5.41, 5.74) is 0.0865. The van der Waals surface area contributed by atoms with Crippen molar-refractivity contribution < 1.29 is 18.3 Å². The molecule has 1 rings (SSSR count). The lowest BCUT2D eigenvalue weighted by molar-refractivity contribution is -0.0231. The molecule has 0 aliphatic heterocycles. The molecule has 1 aromatic carbocycles. The average Bonchev–Trinajstić information content (AvgIpc) is 2.14. The number of hydrogen-bond donors (Lipinski definition) is 0. The maximum Gasteiger partial charge on any atom is 0.278 e. The second-order valence-electron chi connectivity index (χ2n) is 3.13. The Morgan fingerprint density at radius 1 is 1.47 bits per heavy atom. The quantitative estimate of drug-likeness (QED) is 0.749. The number of alkyl halides is 2. The molecular weight excluding hydrogens is 226 g/mol. The van der Waals surface area contributed by atoms with Crippen molar-refractivity contribution in [2.75, 3.05) is 6.61 Å². The van der Waals surface area contributed by atoms with E-state index >= 15 is 0 Å². The van der Waals surface area contributed by atoms with Crippen molar-refractivity contribution in [1.29, 1.82) is 0 Å². The molecule has 0 fully saturated rings. The van der Waals surface area contributed by atoms with E-state index in [0.29, 0.717) is 0 Å². The van der Waals surface area contributed by atoms with E-state index in [4.69, 9.17) is 16.3 Å². The van der Waals surface area contributed by atoms with Crippen molar-refractivity contribution in [2.45, 2.75) is 12.8 Å². The second kappa shape index (κ2) is 4.57. The molecule has 0 spiro atoms. The first-order valence-electron chi connectivity index (χ1n) is 4.19. The van der Waals surface area contributed by atoms with Crippen molar-refractivity contribution in [3.05, 3.63) is 29.8 Å². The van der Waals surface area contributed by atoms with E-state index in [2.05, 4.69) is 0 Å². The largest absolute Gasteiger partial charge is 0.487 e. The number of carbonyl (C=O) groups is 1. The molecule has 0 atom stereocenters. The first-order chi connectivity index (χ1) is 6.90. The lowest BCUT2D eigenvalue weighted by atomic mass is 10.2. The van der Waals surface area contributed by atoms with Crippen LogP contribution in [0.3, 0.4) is 0 Å². The number of para-hydroxylation sites is 1. The minimum atomic E-state index is -2.94. The summed E-state index contributed by atoms with van der Waals surface area (Å²) >= 11 is 5.25. The van der Waals surface area contributed by atoms with Crippen molar-refractivity contribution >= 4 is 16.8 Å². The van der Waals surface area contributed by atoms with E-state index in [9.17, 15) is 13.6 Å². The maximum absolute atomic E-state index is 12.5. The third-order valence-corrected chi connectivity index (χ3v) is 1.78. The molecule has 15 heavy (non-hydrogen) atoms. The van der Waals surface area contributed by atoms with Gasteiger partial charge in [-0.3, -0.25) is 4.79 Å². The lowest BCUT2D eigenvalue weighted by Gasteiger charge is -2.13. The predicted molar refractivity (Wildman–Crippen MR) is 52.7 cm³/mol. The van der Waals surface area contributed by atoms with Crippen LogP contribution in [-0.2, 0) is 0 Å². The van der Waals surface area contributed by atoms with Crippen molar-refractivity contribution in [3.8, 4) is 5.75 Å². The van der Waals surface area contributed by atoms with Crippen molar-refractivity contribution in [3.63, 3.8) is 0 Å². The van der Waals surface area contributed by atoms with Gasteiger partial charge in [0.2, 0.25) is 0 Å². The summed E-state index contributed by atoms with van der Waals surface area (Å²) in [6.07, 6.45) is 0. The van der Waals surface area contributed by atoms with Crippen LogP contribution < -0.4 is 4.74 Å². The summed E-state index contributed by atoms with van der Waals surface area (Å²) in [7, 11) is 0. The van der Waals surface area contributed by atoms with Gasteiger partial charge < -0.3 is 4.74 Å². The summed E-state index contributed by atoms with van der Waals surface area (Å²) in [5, 5.41) is -0.731. The Bertz CT molecular complexity index is 361. The van der Waals surface area contributed by atoms with E-state index in [0.717, 1.165) is 6.92 Å². The highest BCUT2D eigenvalue weighted by molar-refractivity contribution is 6.68. The Morgan fingerprint density at radius 2 is 2.07 bits per heavy atom. The molecule has 0 radical (unpaired) electrons. The van der Waals surface area contributed by atoms with E-state index in [1.807, 2.05) is 0 Å². The molecule has 5 heteroatoms. The van der Waals surface area contributed by atoms with Crippen LogP contribution in [0, 0.1) is 0 Å². The molecule has 0 bridgehead atoms. The first-order valence-corrected chi connectivity index (χ1v) is 4.57. The fraction of sp³-hybridized carbons (Fsp3) is 0.300. The number of ether oxygens (including phenoxy) is 1. The van der Waals surface area contributed by atoms with Gasteiger partial charge in [-0.2, -0.15) is 0 Å². The van der Waals surface area contributed by atoms with Crippen LogP contribution in [0.1, 0.15) is 17.3 Å². The van der Waals surface area contributed by atoms with Gasteiger partial charge in [0, 0.05) is 6.92 Å². The van der Waals surface area contributed by atoms with Gasteiger partial charge in [-0.1, -0.05) is 12.1 Å². The Labute approximate surface area is 90.8 Å². The minimum Gasteiger partial charge on any atom is -0.487 e. The van der Waals surface area contributed by atoms with Gasteiger partial charge in [0.05, 0.1) is 5.56 Å². The van der Waals surface area contributed by atoms with Gasteiger partial charge in [-0.25, -0.2) is 8.78 Å². The highest BCUT2D eigenvalue weighted by Gasteiger charge is 2.23. The zero-order chi connectivity index (χ0) is 11.5. The van der Waals surface area contributed by atoms with Crippen LogP contribution in [-0.4, -0.2) is 17.8 Å². The molecule has 0 saturated heterocycles. The molecular formula is C10H9ClF2O2. The standard InChI is InChI=1S/C10H9ClF2O2/c1-10(12,13)6-15-8-5-3-2-4-7(8)9(11)14/h2-5H,6H2,1H3. The van der Waals surface area contributed by atoms with Gasteiger partial charge >= 0.3 is 0 Å². The van der Waals surface area contributed by atoms with Gasteiger partial charge in [0.25, 0.3) is 11.2 Å². The summed E-state index contributed by atoms with van der Waals surface area (Å²) < 4.78 is 29.8. The summed E-state index contributed by atoms with van der Waals surface area (Å²) in [4.78, 5) is 10.9. The third-order valence-electron chi connectivity index (χ3n) is 1.58. The maximum atomic E-state index is 12.5. The average molecular weight is 235 g/mol. The van der Waals surface area contributed by atoms with Gasteiger partial charge in [0.15, 0.2) is 6.61 Å². The number of halogens is 3. The Morgan fingerprint density at radius 3 is 2.60 bits per heavy atom. The van der Waals surface area contributed by atoms with Crippen LogP contribution in [0.15, 0.2) is 24.3 Å². The molecule has 0 amide bonds. The monoisotopic (exact) mass is 234 g/mol. The molecule has 1 aromatic rings. The minimum absolute atomic E-state index is 0.0685. The number of hydrogen-bond acceptors (Lipinski definition) is 2. The van der Waals surface area contributed by atoms with Crippen LogP contribution >= 0.6 is 11.6 Å². The van der Waals surface area contributed by atoms with Crippen LogP contribution in [0.2, 0.25) is 0 Å². The first kappa shape index (κ1) is 11.9.